The molecule has 1 atom stereocenters. The summed E-state index contributed by atoms with van der Waals surface area (Å²) in [4.78, 5) is 40.7. The van der Waals surface area contributed by atoms with E-state index in [1.165, 1.54) is 10.5 Å². The molecule has 7 heteroatoms. The van der Waals surface area contributed by atoms with Crippen LogP contribution in [0.5, 0.6) is 5.75 Å². The lowest BCUT2D eigenvalue weighted by Crippen LogP contribution is -2.41. The van der Waals surface area contributed by atoms with Crippen molar-refractivity contribution in [1.29, 1.82) is 0 Å². The summed E-state index contributed by atoms with van der Waals surface area (Å²) in [7, 11) is 1.60. The fourth-order valence-electron chi connectivity index (χ4n) is 3.97. The lowest BCUT2D eigenvalue weighted by Gasteiger charge is -2.29. The molecule has 2 aromatic carbocycles. The van der Waals surface area contributed by atoms with Gasteiger partial charge >= 0.3 is 6.03 Å². The Labute approximate surface area is 175 Å². The number of fused-ring (bicyclic) bond motifs is 1. The highest BCUT2D eigenvalue weighted by Gasteiger charge is 2.39. The Morgan fingerprint density at radius 3 is 2.57 bits per heavy atom. The lowest BCUT2D eigenvalue weighted by atomic mass is 9.99. The summed E-state index contributed by atoms with van der Waals surface area (Å²) in [5.41, 5.74) is 3.40. The zero-order chi connectivity index (χ0) is 21.1. The third-order valence-electron chi connectivity index (χ3n) is 5.75. The summed E-state index contributed by atoms with van der Waals surface area (Å²) in [6.45, 7) is 1.45. The molecule has 30 heavy (non-hydrogen) atoms. The van der Waals surface area contributed by atoms with E-state index in [4.69, 9.17) is 4.74 Å². The van der Waals surface area contributed by atoms with E-state index >= 15 is 0 Å². The molecule has 7 nitrogen and oxygen atoms in total. The Balaban J connectivity index is 1.32. The molecule has 2 heterocycles. The number of nitrogens with zero attached hydrogens (tertiary/aromatic N) is 2. The maximum Gasteiger partial charge on any atom is 0.324 e. The number of amides is 4. The molecule has 0 radical (unpaired) electrons. The van der Waals surface area contributed by atoms with Crippen molar-refractivity contribution in [2.45, 2.75) is 31.8 Å². The van der Waals surface area contributed by atoms with E-state index in [1.807, 2.05) is 42.5 Å². The molecule has 1 saturated heterocycles. The van der Waals surface area contributed by atoms with E-state index in [2.05, 4.69) is 11.4 Å². The van der Waals surface area contributed by atoms with Crippen molar-refractivity contribution in [1.82, 2.24) is 15.1 Å². The molecule has 0 unspecified atom stereocenters. The number of rotatable bonds is 6. The number of urea groups is 1. The maximum atomic E-state index is 12.8. The van der Waals surface area contributed by atoms with Crippen LogP contribution in [0.1, 0.15) is 23.1 Å². The van der Waals surface area contributed by atoms with Crippen molar-refractivity contribution in [3.8, 4) is 5.75 Å². The van der Waals surface area contributed by atoms with Gasteiger partial charge in [-0.1, -0.05) is 36.4 Å². The van der Waals surface area contributed by atoms with E-state index in [1.54, 1.807) is 12.0 Å². The van der Waals surface area contributed by atoms with Gasteiger partial charge in [-0.25, -0.2) is 4.79 Å². The molecule has 156 valence electrons. The van der Waals surface area contributed by atoms with Crippen LogP contribution in [0.3, 0.4) is 0 Å². The molecule has 1 N–H and O–H groups in total. The zero-order valence-electron chi connectivity index (χ0n) is 17.0. The second-order valence-corrected chi connectivity index (χ2v) is 7.63. The average molecular weight is 407 g/mol. The van der Waals surface area contributed by atoms with Crippen molar-refractivity contribution in [3.63, 3.8) is 0 Å². The number of carbonyl (C=O) groups is 3. The van der Waals surface area contributed by atoms with E-state index in [0.29, 0.717) is 19.5 Å². The molecule has 2 aliphatic rings. The molecule has 0 spiro atoms. The molecule has 0 aliphatic carbocycles. The summed E-state index contributed by atoms with van der Waals surface area (Å²) in [6, 6.07) is 14.4. The smallest absolute Gasteiger partial charge is 0.324 e. The number of nitrogens with one attached hydrogen (secondary N) is 1. The van der Waals surface area contributed by atoms with Gasteiger partial charge in [0.25, 0.3) is 5.91 Å². The lowest BCUT2D eigenvalue weighted by molar-refractivity contribution is -0.136. The highest BCUT2D eigenvalue weighted by molar-refractivity contribution is 6.05. The third kappa shape index (κ3) is 4.15. The Hall–Kier alpha value is -3.35. The van der Waals surface area contributed by atoms with Crippen molar-refractivity contribution < 1.29 is 19.1 Å². The maximum absolute atomic E-state index is 12.8. The number of imide groups is 1. The summed E-state index contributed by atoms with van der Waals surface area (Å²) >= 11 is 0. The first-order valence-corrected chi connectivity index (χ1v) is 10.1. The SMILES string of the molecule is COc1ccc(CCN2C(=O)N[C@@H](CC(=O)N3CCc4ccccc4C3)C2=O)cc1. The summed E-state index contributed by atoms with van der Waals surface area (Å²) in [6.07, 6.45) is 1.35. The number of hydrogen-bond acceptors (Lipinski definition) is 4. The standard InChI is InChI=1S/C23H25N3O4/c1-30-19-8-6-16(7-9-19)10-13-26-22(28)20(24-23(26)29)14-21(27)25-12-11-17-4-2-3-5-18(17)15-25/h2-9,20H,10-15H2,1H3,(H,24,29)/t20-/m0/s1. The molecule has 2 aromatic rings. The van der Waals surface area contributed by atoms with Crippen molar-refractivity contribution in [3.05, 3.63) is 65.2 Å². The molecule has 0 aromatic heterocycles. The van der Waals surface area contributed by atoms with E-state index < -0.39 is 12.1 Å². The van der Waals surface area contributed by atoms with Gasteiger partial charge in [-0.3, -0.25) is 14.5 Å². The minimum Gasteiger partial charge on any atom is -0.497 e. The van der Waals surface area contributed by atoms with Gasteiger partial charge in [-0.2, -0.15) is 0 Å². The van der Waals surface area contributed by atoms with Crippen LogP contribution in [-0.4, -0.2) is 53.9 Å². The van der Waals surface area contributed by atoms with Crippen LogP contribution in [0.15, 0.2) is 48.5 Å². The van der Waals surface area contributed by atoms with Gasteiger partial charge in [0.1, 0.15) is 11.8 Å². The fraction of sp³-hybridized carbons (Fsp3) is 0.348. The number of hydrogen-bond donors (Lipinski definition) is 1. The number of carbonyl (C=O) groups excluding carboxylic acids is 3. The van der Waals surface area contributed by atoms with Gasteiger partial charge in [0.15, 0.2) is 0 Å². The Bertz CT molecular complexity index is 957. The first-order chi connectivity index (χ1) is 14.5. The molecule has 2 aliphatic heterocycles. The Morgan fingerprint density at radius 1 is 1.10 bits per heavy atom. The highest BCUT2D eigenvalue weighted by atomic mass is 16.5. The zero-order valence-corrected chi connectivity index (χ0v) is 17.0. The first kappa shape index (κ1) is 19.9. The van der Waals surface area contributed by atoms with Crippen molar-refractivity contribution in [2.75, 3.05) is 20.2 Å². The second kappa shape index (κ2) is 8.57. The first-order valence-electron chi connectivity index (χ1n) is 10.1. The quantitative estimate of drug-likeness (QED) is 0.744. The molecule has 0 saturated carbocycles. The minimum absolute atomic E-state index is 0.00816. The number of benzene rings is 2. The van der Waals surface area contributed by atoms with Gasteiger partial charge in [-0.15, -0.1) is 0 Å². The van der Waals surface area contributed by atoms with Crippen LogP contribution in [0.25, 0.3) is 0 Å². The molecule has 4 amide bonds. The van der Waals surface area contributed by atoms with Gasteiger partial charge in [-0.05, 0) is 41.7 Å². The Kier molecular flexibility index (Phi) is 5.70. The monoisotopic (exact) mass is 407 g/mol. The van der Waals surface area contributed by atoms with Crippen LogP contribution < -0.4 is 10.1 Å². The topological polar surface area (TPSA) is 79.0 Å². The predicted octanol–water partition coefficient (Wildman–Crippen LogP) is 2.13. The third-order valence-corrected chi connectivity index (χ3v) is 5.75. The average Bonchev–Trinajstić information content (AvgIpc) is 3.04. The van der Waals surface area contributed by atoms with E-state index in [0.717, 1.165) is 23.3 Å². The predicted molar refractivity (Wildman–Crippen MR) is 111 cm³/mol. The summed E-state index contributed by atoms with van der Waals surface area (Å²) in [5.74, 6) is 0.312. The van der Waals surface area contributed by atoms with Gasteiger partial charge in [0.05, 0.1) is 13.5 Å². The number of methoxy groups -OCH3 is 1. The van der Waals surface area contributed by atoms with Crippen LogP contribution in [0.4, 0.5) is 4.79 Å². The van der Waals surface area contributed by atoms with Crippen LogP contribution in [0.2, 0.25) is 0 Å². The minimum atomic E-state index is -0.793. The van der Waals surface area contributed by atoms with Crippen LogP contribution in [0, 0.1) is 0 Å². The molecule has 4 rings (SSSR count). The van der Waals surface area contributed by atoms with E-state index in [-0.39, 0.29) is 24.8 Å². The largest absolute Gasteiger partial charge is 0.497 e. The van der Waals surface area contributed by atoms with Gasteiger partial charge in [0.2, 0.25) is 5.91 Å². The Morgan fingerprint density at radius 2 is 1.83 bits per heavy atom. The highest BCUT2D eigenvalue weighted by Crippen LogP contribution is 2.20. The van der Waals surface area contributed by atoms with Crippen molar-refractivity contribution in [2.24, 2.45) is 0 Å². The van der Waals surface area contributed by atoms with E-state index in [9.17, 15) is 14.4 Å². The van der Waals surface area contributed by atoms with Gasteiger partial charge < -0.3 is 15.0 Å². The normalized spacial score (nSPS) is 18.2. The molecular formula is C23H25N3O4. The van der Waals surface area contributed by atoms with Crippen LogP contribution >= 0.6 is 0 Å². The number of ether oxygens (including phenoxy) is 1. The van der Waals surface area contributed by atoms with Gasteiger partial charge in [0, 0.05) is 19.6 Å². The van der Waals surface area contributed by atoms with Crippen molar-refractivity contribution >= 4 is 17.8 Å². The second-order valence-electron chi connectivity index (χ2n) is 7.63. The fourth-order valence-corrected chi connectivity index (χ4v) is 3.97. The summed E-state index contributed by atoms with van der Waals surface area (Å²) < 4.78 is 5.14. The van der Waals surface area contributed by atoms with Crippen LogP contribution in [-0.2, 0) is 29.0 Å². The molecule has 0 bridgehead atoms. The molecule has 1 fully saturated rings. The summed E-state index contributed by atoms with van der Waals surface area (Å²) in [5, 5.41) is 2.67. The molecular weight excluding hydrogens is 382 g/mol.